The normalized spacial score (nSPS) is 10.7. The van der Waals surface area contributed by atoms with Crippen molar-refractivity contribution in [1.82, 2.24) is 9.88 Å². The SMILES string of the molecule is CC(C)NC(=O)Nc1cn(C)c(=O)c2ccccc12. The number of urea groups is 1. The van der Waals surface area contributed by atoms with Crippen molar-refractivity contribution in [1.29, 1.82) is 0 Å². The van der Waals surface area contributed by atoms with Crippen molar-refractivity contribution in [3.05, 3.63) is 40.8 Å². The van der Waals surface area contributed by atoms with Gasteiger partial charge in [-0.25, -0.2) is 4.79 Å². The summed E-state index contributed by atoms with van der Waals surface area (Å²) >= 11 is 0. The lowest BCUT2D eigenvalue weighted by atomic mass is 10.1. The number of rotatable bonds is 2. The largest absolute Gasteiger partial charge is 0.336 e. The molecule has 0 bridgehead atoms. The Hall–Kier alpha value is -2.30. The van der Waals surface area contributed by atoms with Gasteiger partial charge in [0.2, 0.25) is 0 Å². The number of fused-ring (bicyclic) bond motifs is 1. The Kier molecular flexibility index (Phi) is 3.55. The van der Waals surface area contributed by atoms with Crippen LogP contribution in [0, 0.1) is 0 Å². The number of amides is 2. The van der Waals surface area contributed by atoms with Crippen molar-refractivity contribution in [2.24, 2.45) is 7.05 Å². The molecular weight excluding hydrogens is 242 g/mol. The van der Waals surface area contributed by atoms with Gasteiger partial charge in [0, 0.05) is 30.1 Å². The summed E-state index contributed by atoms with van der Waals surface area (Å²) in [7, 11) is 1.67. The Morgan fingerprint density at radius 2 is 1.84 bits per heavy atom. The summed E-state index contributed by atoms with van der Waals surface area (Å²) < 4.78 is 1.47. The van der Waals surface area contributed by atoms with E-state index >= 15 is 0 Å². The minimum absolute atomic E-state index is 0.0544. The second-order valence-electron chi connectivity index (χ2n) is 4.76. The molecule has 19 heavy (non-hydrogen) atoms. The van der Waals surface area contributed by atoms with Gasteiger partial charge in [0.25, 0.3) is 5.56 Å². The maximum absolute atomic E-state index is 12.0. The summed E-state index contributed by atoms with van der Waals surface area (Å²) in [5.41, 5.74) is 0.543. The number of nitrogens with zero attached hydrogens (tertiary/aromatic N) is 1. The van der Waals surface area contributed by atoms with Gasteiger partial charge in [0.1, 0.15) is 0 Å². The number of carbonyl (C=O) groups is 1. The van der Waals surface area contributed by atoms with Crippen LogP contribution in [0.3, 0.4) is 0 Å². The Morgan fingerprint density at radius 1 is 1.21 bits per heavy atom. The number of hydrogen-bond donors (Lipinski definition) is 2. The molecule has 5 heteroatoms. The van der Waals surface area contributed by atoms with Gasteiger partial charge in [0.15, 0.2) is 0 Å². The fourth-order valence-electron chi connectivity index (χ4n) is 1.94. The number of pyridine rings is 1. The van der Waals surface area contributed by atoms with E-state index in [-0.39, 0.29) is 17.6 Å². The second-order valence-corrected chi connectivity index (χ2v) is 4.76. The number of hydrogen-bond acceptors (Lipinski definition) is 2. The van der Waals surface area contributed by atoms with Gasteiger partial charge in [0.05, 0.1) is 5.69 Å². The van der Waals surface area contributed by atoms with E-state index in [4.69, 9.17) is 0 Å². The first kappa shape index (κ1) is 13.1. The number of aryl methyl sites for hydroxylation is 1. The van der Waals surface area contributed by atoms with Gasteiger partial charge < -0.3 is 15.2 Å². The van der Waals surface area contributed by atoms with Crippen LogP contribution in [0.4, 0.5) is 10.5 Å². The number of nitrogens with one attached hydrogen (secondary N) is 2. The molecular formula is C14H17N3O2. The maximum Gasteiger partial charge on any atom is 0.319 e. The Labute approximate surface area is 111 Å². The summed E-state index contributed by atoms with van der Waals surface area (Å²) in [6.07, 6.45) is 1.63. The van der Waals surface area contributed by atoms with Crippen LogP contribution in [0.5, 0.6) is 0 Å². The van der Waals surface area contributed by atoms with Crippen LogP contribution < -0.4 is 16.2 Å². The first-order valence-electron chi connectivity index (χ1n) is 6.15. The van der Waals surface area contributed by atoms with E-state index in [1.807, 2.05) is 32.0 Å². The molecule has 2 rings (SSSR count). The number of benzene rings is 1. The van der Waals surface area contributed by atoms with E-state index in [2.05, 4.69) is 10.6 Å². The standard InChI is InChI=1S/C14H17N3O2/c1-9(2)15-14(19)16-12-8-17(3)13(18)11-7-5-4-6-10(11)12/h4-9H,1-3H3,(H2,15,16,19). The Bertz CT molecular complexity index is 674. The van der Waals surface area contributed by atoms with Crippen molar-refractivity contribution in [2.45, 2.75) is 19.9 Å². The Morgan fingerprint density at radius 3 is 2.47 bits per heavy atom. The summed E-state index contributed by atoms with van der Waals surface area (Å²) in [5.74, 6) is 0. The van der Waals surface area contributed by atoms with Crippen LogP contribution in [-0.2, 0) is 7.05 Å². The monoisotopic (exact) mass is 259 g/mol. The summed E-state index contributed by atoms with van der Waals surface area (Å²) in [4.78, 5) is 23.7. The first-order valence-corrected chi connectivity index (χ1v) is 6.15. The minimum Gasteiger partial charge on any atom is -0.336 e. The number of aromatic nitrogens is 1. The number of carbonyl (C=O) groups excluding carboxylic acids is 1. The molecule has 0 unspecified atom stereocenters. The van der Waals surface area contributed by atoms with Crippen molar-refractivity contribution >= 4 is 22.5 Å². The second kappa shape index (κ2) is 5.14. The van der Waals surface area contributed by atoms with Crippen LogP contribution in [0.2, 0.25) is 0 Å². The quantitative estimate of drug-likeness (QED) is 0.867. The zero-order valence-electron chi connectivity index (χ0n) is 11.2. The minimum atomic E-state index is -0.279. The van der Waals surface area contributed by atoms with E-state index in [0.29, 0.717) is 11.1 Å². The van der Waals surface area contributed by atoms with Gasteiger partial charge in [-0.2, -0.15) is 0 Å². The fraction of sp³-hybridized carbons (Fsp3) is 0.286. The highest BCUT2D eigenvalue weighted by atomic mass is 16.2. The van der Waals surface area contributed by atoms with Crippen LogP contribution in [0.15, 0.2) is 35.3 Å². The molecule has 0 saturated carbocycles. The van der Waals surface area contributed by atoms with Gasteiger partial charge in [-0.1, -0.05) is 18.2 Å². The molecule has 0 saturated heterocycles. The lowest BCUT2D eigenvalue weighted by Gasteiger charge is -2.13. The van der Waals surface area contributed by atoms with Gasteiger partial charge >= 0.3 is 6.03 Å². The molecule has 0 atom stereocenters. The van der Waals surface area contributed by atoms with Gasteiger partial charge in [-0.15, -0.1) is 0 Å². The molecule has 2 aromatic rings. The average molecular weight is 259 g/mol. The zero-order valence-corrected chi connectivity index (χ0v) is 11.2. The molecule has 0 fully saturated rings. The highest BCUT2D eigenvalue weighted by molar-refractivity contribution is 6.00. The molecule has 1 heterocycles. The molecule has 2 amide bonds. The summed E-state index contributed by atoms with van der Waals surface area (Å²) in [6.45, 7) is 3.77. The van der Waals surface area contributed by atoms with Crippen LogP contribution in [0.25, 0.3) is 10.8 Å². The van der Waals surface area contributed by atoms with Gasteiger partial charge in [-0.05, 0) is 19.9 Å². The van der Waals surface area contributed by atoms with Crippen LogP contribution >= 0.6 is 0 Å². The molecule has 0 spiro atoms. The van der Waals surface area contributed by atoms with Crippen molar-refractivity contribution in [3.8, 4) is 0 Å². The smallest absolute Gasteiger partial charge is 0.319 e. The molecule has 0 aliphatic carbocycles. The third-order valence-corrected chi connectivity index (χ3v) is 2.76. The van der Waals surface area contributed by atoms with E-state index < -0.39 is 0 Å². The maximum atomic E-state index is 12.0. The number of anilines is 1. The van der Waals surface area contributed by atoms with Crippen molar-refractivity contribution in [3.63, 3.8) is 0 Å². The average Bonchev–Trinajstić information content (AvgIpc) is 2.34. The van der Waals surface area contributed by atoms with Crippen LogP contribution in [0.1, 0.15) is 13.8 Å². The lowest BCUT2D eigenvalue weighted by Crippen LogP contribution is -2.34. The Balaban J connectivity index is 2.46. The molecule has 1 aromatic carbocycles. The van der Waals surface area contributed by atoms with Crippen LogP contribution in [-0.4, -0.2) is 16.6 Å². The fourth-order valence-corrected chi connectivity index (χ4v) is 1.94. The highest BCUT2D eigenvalue weighted by Gasteiger charge is 2.09. The topological polar surface area (TPSA) is 63.1 Å². The third-order valence-electron chi connectivity index (χ3n) is 2.76. The summed E-state index contributed by atoms with van der Waals surface area (Å²) in [5, 5.41) is 6.86. The molecule has 2 N–H and O–H groups in total. The van der Waals surface area contributed by atoms with E-state index in [1.165, 1.54) is 4.57 Å². The lowest BCUT2D eigenvalue weighted by molar-refractivity contribution is 0.250. The van der Waals surface area contributed by atoms with E-state index in [1.54, 1.807) is 19.3 Å². The van der Waals surface area contributed by atoms with Gasteiger partial charge in [-0.3, -0.25) is 4.79 Å². The zero-order chi connectivity index (χ0) is 14.0. The third kappa shape index (κ3) is 2.76. The van der Waals surface area contributed by atoms with E-state index in [9.17, 15) is 9.59 Å². The molecule has 0 radical (unpaired) electrons. The predicted molar refractivity (Wildman–Crippen MR) is 76.5 cm³/mol. The van der Waals surface area contributed by atoms with Crippen molar-refractivity contribution < 1.29 is 4.79 Å². The predicted octanol–water partition coefficient (Wildman–Crippen LogP) is 2.07. The molecule has 100 valence electrons. The molecule has 5 nitrogen and oxygen atoms in total. The van der Waals surface area contributed by atoms with E-state index in [0.717, 1.165) is 5.39 Å². The molecule has 0 aliphatic heterocycles. The molecule has 1 aromatic heterocycles. The summed E-state index contributed by atoms with van der Waals surface area (Å²) in [6, 6.07) is 7.00. The first-order chi connectivity index (χ1) is 8.99. The highest BCUT2D eigenvalue weighted by Crippen LogP contribution is 2.19. The molecule has 0 aliphatic rings. The van der Waals surface area contributed by atoms with Crippen molar-refractivity contribution in [2.75, 3.05) is 5.32 Å².